The van der Waals surface area contributed by atoms with Crippen LogP contribution < -0.4 is 0 Å². The van der Waals surface area contributed by atoms with E-state index in [0.29, 0.717) is 12.3 Å². The Kier molecular flexibility index (Phi) is 3.51. The zero-order valence-corrected chi connectivity index (χ0v) is 8.78. The summed E-state index contributed by atoms with van der Waals surface area (Å²) < 4.78 is 5.13. The molecule has 3 nitrogen and oxygen atoms in total. The van der Waals surface area contributed by atoms with Gasteiger partial charge in [0, 0.05) is 12.6 Å². The Morgan fingerprint density at radius 2 is 2.14 bits per heavy atom. The molecule has 14 heavy (non-hydrogen) atoms. The Morgan fingerprint density at radius 3 is 2.71 bits per heavy atom. The highest BCUT2D eigenvalue weighted by Crippen LogP contribution is 2.19. The van der Waals surface area contributed by atoms with Gasteiger partial charge in [0.15, 0.2) is 0 Å². The molecule has 1 rings (SSSR count). The zero-order valence-electron chi connectivity index (χ0n) is 8.78. The minimum absolute atomic E-state index is 0.300. The van der Waals surface area contributed by atoms with E-state index in [1.54, 1.807) is 18.0 Å². The number of amides is 1. The summed E-state index contributed by atoms with van der Waals surface area (Å²) in [7, 11) is 1.72. The third-order valence-electron chi connectivity index (χ3n) is 2.02. The van der Waals surface area contributed by atoms with Crippen molar-refractivity contribution in [3.63, 3.8) is 0 Å². The molecule has 0 N–H and O–H groups in total. The van der Waals surface area contributed by atoms with Crippen LogP contribution in [0, 0.1) is 0 Å². The predicted molar refractivity (Wildman–Crippen MR) is 55.8 cm³/mol. The third kappa shape index (κ3) is 2.25. The van der Waals surface area contributed by atoms with Crippen LogP contribution in [0.4, 0.5) is 4.79 Å². The van der Waals surface area contributed by atoms with Crippen molar-refractivity contribution in [3.8, 4) is 0 Å². The lowest BCUT2D eigenvalue weighted by Crippen LogP contribution is -2.34. The minimum atomic E-state index is -0.300. The molecule has 0 bridgehead atoms. The second-order valence-corrected chi connectivity index (χ2v) is 3.09. The Hall–Kier alpha value is -1.51. The van der Waals surface area contributed by atoms with E-state index in [1.807, 2.05) is 32.1 Å². The smallest absolute Gasteiger partial charge is 0.410 e. The summed E-state index contributed by atoms with van der Waals surface area (Å²) in [6, 6.07) is 0. The van der Waals surface area contributed by atoms with Gasteiger partial charge >= 0.3 is 6.09 Å². The van der Waals surface area contributed by atoms with E-state index < -0.39 is 0 Å². The number of hydrogen-bond donors (Lipinski definition) is 0. The van der Waals surface area contributed by atoms with E-state index in [1.165, 1.54) is 0 Å². The molecule has 1 aliphatic rings. The molecule has 1 aliphatic heterocycles. The average Bonchev–Trinajstić information content (AvgIpc) is 2.19. The Morgan fingerprint density at radius 1 is 1.43 bits per heavy atom. The van der Waals surface area contributed by atoms with Gasteiger partial charge in [-0.05, 0) is 19.9 Å². The van der Waals surface area contributed by atoms with Gasteiger partial charge in [-0.2, -0.15) is 0 Å². The molecule has 1 amide bonds. The van der Waals surface area contributed by atoms with Gasteiger partial charge in [0.2, 0.25) is 0 Å². The lowest BCUT2D eigenvalue weighted by molar-refractivity contribution is 0.130. The Labute approximate surface area is 84.3 Å². The van der Waals surface area contributed by atoms with Crippen molar-refractivity contribution >= 4 is 6.09 Å². The molecule has 76 valence electrons. The maximum atomic E-state index is 11.2. The van der Waals surface area contributed by atoms with E-state index >= 15 is 0 Å². The van der Waals surface area contributed by atoms with E-state index in [9.17, 15) is 4.79 Å². The SMILES string of the molecule is C\C=C/C=C1/OC(=O)N(C)C/C1=C/C. The molecule has 0 radical (unpaired) electrons. The molecular formula is C11H15NO2. The van der Waals surface area contributed by atoms with E-state index in [4.69, 9.17) is 4.74 Å². The third-order valence-corrected chi connectivity index (χ3v) is 2.02. The van der Waals surface area contributed by atoms with Crippen molar-refractivity contribution in [3.05, 3.63) is 35.6 Å². The van der Waals surface area contributed by atoms with Crippen LogP contribution in [0.15, 0.2) is 35.6 Å². The Balaban J connectivity index is 2.89. The van der Waals surface area contributed by atoms with Gasteiger partial charge in [-0.1, -0.05) is 18.2 Å². The van der Waals surface area contributed by atoms with E-state index in [0.717, 1.165) is 5.57 Å². The molecule has 0 saturated carbocycles. The highest BCUT2D eigenvalue weighted by Gasteiger charge is 2.22. The minimum Gasteiger partial charge on any atom is -0.410 e. The van der Waals surface area contributed by atoms with Crippen molar-refractivity contribution in [1.82, 2.24) is 4.90 Å². The number of cyclic esters (lactones) is 1. The van der Waals surface area contributed by atoms with Crippen LogP contribution in [0.25, 0.3) is 0 Å². The number of rotatable bonds is 1. The topological polar surface area (TPSA) is 29.5 Å². The molecule has 0 spiro atoms. The van der Waals surface area contributed by atoms with Crippen molar-refractivity contribution < 1.29 is 9.53 Å². The standard InChI is InChI=1S/C11H15NO2/c1-4-6-7-10-9(5-2)8-12(3)11(13)14-10/h4-7H,8H2,1-3H3/b6-4-,9-5-,10-7+. The zero-order chi connectivity index (χ0) is 10.6. The number of hydrogen-bond acceptors (Lipinski definition) is 2. The van der Waals surface area contributed by atoms with Crippen molar-refractivity contribution in [2.24, 2.45) is 0 Å². The Bertz CT molecular complexity index is 313. The molecule has 0 atom stereocenters. The highest BCUT2D eigenvalue weighted by atomic mass is 16.6. The molecule has 0 unspecified atom stereocenters. The summed E-state index contributed by atoms with van der Waals surface area (Å²) in [6.07, 6.45) is 7.22. The number of carbonyl (C=O) groups excluding carboxylic acids is 1. The second kappa shape index (κ2) is 4.65. The summed E-state index contributed by atoms with van der Waals surface area (Å²) in [4.78, 5) is 12.8. The maximum absolute atomic E-state index is 11.2. The van der Waals surface area contributed by atoms with Gasteiger partial charge < -0.3 is 9.64 Å². The predicted octanol–water partition coefficient (Wildman–Crippen LogP) is 2.47. The van der Waals surface area contributed by atoms with Crippen LogP contribution in [0.2, 0.25) is 0 Å². The molecule has 1 saturated heterocycles. The molecule has 0 aromatic carbocycles. The van der Waals surface area contributed by atoms with Gasteiger partial charge in [-0.25, -0.2) is 4.79 Å². The first-order valence-electron chi connectivity index (χ1n) is 4.60. The molecule has 0 aromatic rings. The first-order valence-corrected chi connectivity index (χ1v) is 4.60. The number of allylic oxidation sites excluding steroid dienone is 4. The van der Waals surface area contributed by atoms with Crippen LogP contribution >= 0.6 is 0 Å². The summed E-state index contributed by atoms with van der Waals surface area (Å²) in [6.45, 7) is 4.47. The van der Waals surface area contributed by atoms with Gasteiger partial charge in [0.1, 0.15) is 5.76 Å². The van der Waals surface area contributed by atoms with Crippen LogP contribution in [-0.2, 0) is 4.74 Å². The number of likely N-dealkylation sites (N-methyl/N-ethyl adjacent to an activating group) is 1. The lowest BCUT2D eigenvalue weighted by Gasteiger charge is -2.26. The van der Waals surface area contributed by atoms with Crippen molar-refractivity contribution in [2.45, 2.75) is 13.8 Å². The number of ether oxygens (including phenoxy) is 1. The summed E-state index contributed by atoms with van der Waals surface area (Å²) in [5.41, 5.74) is 1.03. The molecule has 0 aromatic heterocycles. The number of carbonyl (C=O) groups is 1. The van der Waals surface area contributed by atoms with Crippen LogP contribution in [0.1, 0.15) is 13.8 Å². The fraction of sp³-hybridized carbons (Fsp3) is 0.364. The monoisotopic (exact) mass is 193 g/mol. The van der Waals surface area contributed by atoms with Crippen LogP contribution in [-0.4, -0.2) is 24.6 Å². The van der Waals surface area contributed by atoms with Crippen LogP contribution in [0.5, 0.6) is 0 Å². The fourth-order valence-electron chi connectivity index (χ4n) is 1.19. The summed E-state index contributed by atoms with van der Waals surface area (Å²) in [5.74, 6) is 0.647. The molecule has 1 heterocycles. The quantitative estimate of drug-likeness (QED) is 0.640. The number of nitrogens with zero attached hydrogens (tertiary/aromatic N) is 1. The lowest BCUT2D eigenvalue weighted by atomic mass is 10.1. The first kappa shape index (κ1) is 10.6. The molecule has 1 fully saturated rings. The normalized spacial score (nSPS) is 23.6. The van der Waals surface area contributed by atoms with Crippen molar-refractivity contribution in [2.75, 3.05) is 13.6 Å². The molecule has 0 aliphatic carbocycles. The van der Waals surface area contributed by atoms with Gasteiger partial charge in [0.25, 0.3) is 0 Å². The van der Waals surface area contributed by atoms with E-state index in [-0.39, 0.29) is 6.09 Å². The maximum Gasteiger partial charge on any atom is 0.415 e. The largest absolute Gasteiger partial charge is 0.415 e. The summed E-state index contributed by atoms with van der Waals surface area (Å²) in [5, 5.41) is 0. The van der Waals surface area contributed by atoms with Gasteiger partial charge in [-0.15, -0.1) is 0 Å². The summed E-state index contributed by atoms with van der Waals surface area (Å²) >= 11 is 0. The highest BCUT2D eigenvalue weighted by molar-refractivity contribution is 5.72. The van der Waals surface area contributed by atoms with Crippen LogP contribution in [0.3, 0.4) is 0 Å². The van der Waals surface area contributed by atoms with Gasteiger partial charge in [0.05, 0.1) is 6.54 Å². The first-order chi connectivity index (χ1) is 6.69. The van der Waals surface area contributed by atoms with Crippen molar-refractivity contribution in [1.29, 1.82) is 0 Å². The van der Waals surface area contributed by atoms with E-state index in [2.05, 4.69) is 0 Å². The molecular weight excluding hydrogens is 178 g/mol. The average molecular weight is 193 g/mol. The van der Waals surface area contributed by atoms with Gasteiger partial charge in [-0.3, -0.25) is 0 Å². The fourth-order valence-corrected chi connectivity index (χ4v) is 1.19. The molecule has 3 heteroatoms. The second-order valence-electron chi connectivity index (χ2n) is 3.09.